The Balaban J connectivity index is 2.61. The SMILES string of the molecule is CCc1c(C=O)c2c(n1C)CCOC2. The van der Waals surface area contributed by atoms with Gasteiger partial charge in [0.15, 0.2) is 6.29 Å². The van der Waals surface area contributed by atoms with Gasteiger partial charge in [-0.2, -0.15) is 0 Å². The third-order valence-electron chi connectivity index (χ3n) is 2.98. The molecule has 0 radical (unpaired) electrons. The summed E-state index contributed by atoms with van der Waals surface area (Å²) < 4.78 is 7.53. The summed E-state index contributed by atoms with van der Waals surface area (Å²) in [6, 6.07) is 0. The molecule has 0 saturated carbocycles. The number of rotatable bonds is 2. The molecule has 2 rings (SSSR count). The zero-order valence-electron chi connectivity index (χ0n) is 8.67. The molecule has 3 nitrogen and oxygen atoms in total. The van der Waals surface area contributed by atoms with Crippen LogP contribution in [-0.4, -0.2) is 17.5 Å². The van der Waals surface area contributed by atoms with E-state index in [-0.39, 0.29) is 0 Å². The summed E-state index contributed by atoms with van der Waals surface area (Å²) in [4.78, 5) is 11.0. The van der Waals surface area contributed by atoms with E-state index in [0.29, 0.717) is 6.61 Å². The Morgan fingerprint density at radius 2 is 2.36 bits per heavy atom. The Bertz CT molecular complexity index is 366. The highest BCUT2D eigenvalue weighted by Gasteiger charge is 2.21. The van der Waals surface area contributed by atoms with Crippen LogP contribution in [0.2, 0.25) is 0 Å². The smallest absolute Gasteiger partial charge is 0.152 e. The van der Waals surface area contributed by atoms with Crippen LogP contribution in [-0.2, 0) is 31.2 Å². The summed E-state index contributed by atoms with van der Waals surface area (Å²) in [6.07, 6.45) is 2.79. The molecule has 2 heterocycles. The Kier molecular flexibility index (Phi) is 2.42. The van der Waals surface area contributed by atoms with E-state index in [1.54, 1.807) is 0 Å². The van der Waals surface area contributed by atoms with Crippen LogP contribution in [0, 0.1) is 0 Å². The zero-order valence-corrected chi connectivity index (χ0v) is 8.67. The molecule has 0 atom stereocenters. The summed E-state index contributed by atoms with van der Waals surface area (Å²) in [5.74, 6) is 0. The van der Waals surface area contributed by atoms with E-state index in [1.807, 2.05) is 7.05 Å². The second-order valence-electron chi connectivity index (χ2n) is 3.62. The van der Waals surface area contributed by atoms with Gasteiger partial charge in [0.2, 0.25) is 0 Å². The van der Waals surface area contributed by atoms with E-state index in [1.165, 1.54) is 5.69 Å². The highest BCUT2D eigenvalue weighted by Crippen LogP contribution is 2.25. The molecule has 0 spiro atoms. The van der Waals surface area contributed by atoms with Gasteiger partial charge in [-0.25, -0.2) is 0 Å². The minimum atomic E-state index is 0.594. The third-order valence-corrected chi connectivity index (χ3v) is 2.98. The number of fused-ring (bicyclic) bond motifs is 1. The Morgan fingerprint density at radius 3 is 3.00 bits per heavy atom. The Hall–Kier alpha value is -1.09. The fourth-order valence-electron chi connectivity index (χ4n) is 2.27. The number of aldehydes is 1. The van der Waals surface area contributed by atoms with Crippen LogP contribution in [0.15, 0.2) is 0 Å². The first-order valence-corrected chi connectivity index (χ1v) is 5.01. The van der Waals surface area contributed by atoms with Gasteiger partial charge in [-0.3, -0.25) is 4.79 Å². The number of carbonyl (C=O) groups is 1. The zero-order chi connectivity index (χ0) is 10.1. The molecule has 1 aromatic rings. The minimum absolute atomic E-state index is 0.594. The van der Waals surface area contributed by atoms with Crippen molar-refractivity contribution in [1.82, 2.24) is 4.57 Å². The van der Waals surface area contributed by atoms with E-state index in [2.05, 4.69) is 11.5 Å². The van der Waals surface area contributed by atoms with Crippen LogP contribution in [0.25, 0.3) is 0 Å². The molecule has 0 fully saturated rings. The molecule has 1 aliphatic heterocycles. The largest absolute Gasteiger partial charge is 0.376 e. The van der Waals surface area contributed by atoms with E-state index in [4.69, 9.17) is 4.74 Å². The van der Waals surface area contributed by atoms with Crippen molar-refractivity contribution in [3.63, 3.8) is 0 Å². The van der Waals surface area contributed by atoms with Gasteiger partial charge in [0, 0.05) is 36.0 Å². The quantitative estimate of drug-likeness (QED) is 0.666. The summed E-state index contributed by atoms with van der Waals surface area (Å²) in [5.41, 5.74) is 4.36. The molecule has 0 saturated heterocycles. The number of carbonyl (C=O) groups excluding carboxylic acids is 1. The van der Waals surface area contributed by atoms with Crippen molar-refractivity contribution in [3.8, 4) is 0 Å². The topological polar surface area (TPSA) is 31.2 Å². The third kappa shape index (κ3) is 1.20. The highest BCUT2D eigenvalue weighted by molar-refractivity contribution is 5.80. The number of hydrogen-bond acceptors (Lipinski definition) is 2. The van der Waals surface area contributed by atoms with Gasteiger partial charge in [-0.15, -0.1) is 0 Å². The molecule has 0 unspecified atom stereocenters. The van der Waals surface area contributed by atoms with Crippen molar-refractivity contribution in [2.75, 3.05) is 6.61 Å². The van der Waals surface area contributed by atoms with Crippen molar-refractivity contribution in [1.29, 1.82) is 0 Å². The average Bonchev–Trinajstić information content (AvgIpc) is 2.51. The van der Waals surface area contributed by atoms with Gasteiger partial charge in [0.1, 0.15) is 0 Å². The molecule has 76 valence electrons. The lowest BCUT2D eigenvalue weighted by atomic mass is 10.1. The number of aromatic nitrogens is 1. The first-order valence-electron chi connectivity index (χ1n) is 5.01. The molecular formula is C11H15NO2. The summed E-state index contributed by atoms with van der Waals surface area (Å²) >= 11 is 0. The summed E-state index contributed by atoms with van der Waals surface area (Å²) in [5, 5.41) is 0. The summed E-state index contributed by atoms with van der Waals surface area (Å²) in [7, 11) is 2.04. The van der Waals surface area contributed by atoms with Crippen LogP contribution in [0.3, 0.4) is 0 Å². The highest BCUT2D eigenvalue weighted by atomic mass is 16.5. The maximum atomic E-state index is 11.0. The second-order valence-corrected chi connectivity index (χ2v) is 3.62. The number of ether oxygens (including phenoxy) is 1. The standard InChI is InChI=1S/C11H15NO2/c1-3-10-8(6-13)9-7-14-5-4-11(9)12(10)2/h6H,3-5,7H2,1-2H3. The van der Waals surface area contributed by atoms with Gasteiger partial charge in [0.25, 0.3) is 0 Å². The van der Waals surface area contributed by atoms with Crippen LogP contribution in [0.4, 0.5) is 0 Å². The van der Waals surface area contributed by atoms with Gasteiger partial charge in [-0.1, -0.05) is 6.92 Å². The van der Waals surface area contributed by atoms with E-state index in [9.17, 15) is 4.79 Å². The Labute approximate surface area is 83.7 Å². The van der Waals surface area contributed by atoms with Crippen molar-refractivity contribution in [2.45, 2.75) is 26.4 Å². The van der Waals surface area contributed by atoms with Crippen LogP contribution >= 0.6 is 0 Å². The van der Waals surface area contributed by atoms with Crippen LogP contribution in [0.5, 0.6) is 0 Å². The monoisotopic (exact) mass is 193 g/mol. The first-order chi connectivity index (χ1) is 6.79. The van der Waals surface area contributed by atoms with E-state index in [0.717, 1.165) is 42.6 Å². The average molecular weight is 193 g/mol. The molecule has 0 aromatic carbocycles. The maximum absolute atomic E-state index is 11.0. The Morgan fingerprint density at radius 1 is 1.57 bits per heavy atom. The fourth-order valence-corrected chi connectivity index (χ4v) is 2.27. The van der Waals surface area contributed by atoms with Crippen LogP contribution in [0.1, 0.15) is 34.2 Å². The lowest BCUT2D eigenvalue weighted by molar-refractivity contribution is 0.105. The van der Waals surface area contributed by atoms with E-state index >= 15 is 0 Å². The molecule has 1 aromatic heterocycles. The van der Waals surface area contributed by atoms with Crippen molar-refractivity contribution < 1.29 is 9.53 Å². The van der Waals surface area contributed by atoms with Crippen molar-refractivity contribution >= 4 is 6.29 Å². The minimum Gasteiger partial charge on any atom is -0.376 e. The number of hydrogen-bond donors (Lipinski definition) is 0. The molecule has 1 aliphatic rings. The summed E-state index contributed by atoms with van der Waals surface area (Å²) in [6.45, 7) is 3.44. The van der Waals surface area contributed by atoms with E-state index < -0.39 is 0 Å². The fraction of sp³-hybridized carbons (Fsp3) is 0.545. The predicted octanol–water partition coefficient (Wildman–Crippen LogP) is 1.47. The normalized spacial score (nSPS) is 15.3. The van der Waals surface area contributed by atoms with Crippen LogP contribution < -0.4 is 0 Å². The molecule has 14 heavy (non-hydrogen) atoms. The molecule has 0 amide bonds. The van der Waals surface area contributed by atoms with Gasteiger partial charge >= 0.3 is 0 Å². The molecule has 0 N–H and O–H groups in total. The molecular weight excluding hydrogens is 178 g/mol. The second kappa shape index (κ2) is 3.58. The van der Waals surface area contributed by atoms with Gasteiger partial charge in [0.05, 0.1) is 13.2 Å². The van der Waals surface area contributed by atoms with Crippen molar-refractivity contribution in [2.24, 2.45) is 7.05 Å². The van der Waals surface area contributed by atoms with Crippen molar-refractivity contribution in [3.05, 3.63) is 22.5 Å². The predicted molar refractivity (Wildman–Crippen MR) is 53.5 cm³/mol. The van der Waals surface area contributed by atoms with Gasteiger partial charge in [-0.05, 0) is 6.42 Å². The lowest BCUT2D eigenvalue weighted by Crippen LogP contribution is -2.12. The number of nitrogens with zero attached hydrogens (tertiary/aromatic N) is 1. The lowest BCUT2D eigenvalue weighted by Gasteiger charge is -2.14. The first kappa shape index (κ1) is 9.46. The van der Waals surface area contributed by atoms with Gasteiger partial charge < -0.3 is 9.30 Å². The maximum Gasteiger partial charge on any atom is 0.152 e. The molecule has 0 aliphatic carbocycles. The molecule has 3 heteroatoms. The molecule has 0 bridgehead atoms.